The molecule has 0 radical (unpaired) electrons. The molecule has 0 fully saturated rings. The number of aromatic nitrogens is 1. The first-order chi connectivity index (χ1) is 11.6. The van der Waals surface area contributed by atoms with Crippen molar-refractivity contribution < 1.29 is 4.79 Å². The predicted octanol–water partition coefficient (Wildman–Crippen LogP) is 5.15. The van der Waals surface area contributed by atoms with E-state index in [0.717, 1.165) is 15.8 Å². The smallest absolute Gasteiger partial charge is 0.257 e. The number of halogens is 1. The van der Waals surface area contributed by atoms with Crippen LogP contribution >= 0.6 is 15.9 Å². The highest BCUT2D eigenvalue weighted by Crippen LogP contribution is 2.17. The molecule has 120 valence electrons. The lowest BCUT2D eigenvalue weighted by atomic mass is 10.2. The fourth-order valence-corrected chi connectivity index (χ4v) is 2.39. The van der Waals surface area contributed by atoms with Crippen molar-refractivity contribution in [3.05, 3.63) is 82.5 Å². The summed E-state index contributed by atoms with van der Waals surface area (Å²) in [6, 6.07) is 19.0. The van der Waals surface area contributed by atoms with E-state index in [1.165, 1.54) is 5.56 Å². The summed E-state index contributed by atoms with van der Waals surface area (Å²) in [5.74, 6) is 0.505. The number of nitrogens with zero attached hydrogens (tertiary/aromatic N) is 1. The lowest BCUT2D eigenvalue weighted by Crippen LogP contribution is -2.12. The Morgan fingerprint density at radius 3 is 2.21 bits per heavy atom. The summed E-state index contributed by atoms with van der Waals surface area (Å²) in [7, 11) is 0. The van der Waals surface area contributed by atoms with Gasteiger partial charge >= 0.3 is 0 Å². The zero-order chi connectivity index (χ0) is 16.9. The third kappa shape index (κ3) is 4.20. The fraction of sp³-hybridized carbons (Fsp3) is 0.0526. The molecule has 0 saturated carbocycles. The van der Waals surface area contributed by atoms with E-state index in [-0.39, 0.29) is 5.91 Å². The zero-order valence-electron chi connectivity index (χ0n) is 13.1. The average molecular weight is 382 g/mol. The molecule has 2 N–H and O–H groups in total. The number of benzene rings is 2. The molecule has 0 spiro atoms. The molecule has 0 unspecified atom stereocenters. The van der Waals surface area contributed by atoms with E-state index >= 15 is 0 Å². The van der Waals surface area contributed by atoms with Crippen LogP contribution in [0.5, 0.6) is 0 Å². The van der Waals surface area contributed by atoms with E-state index in [1.807, 2.05) is 55.5 Å². The Morgan fingerprint density at radius 2 is 1.58 bits per heavy atom. The highest BCUT2D eigenvalue weighted by molar-refractivity contribution is 9.10. The first kappa shape index (κ1) is 16.2. The summed E-state index contributed by atoms with van der Waals surface area (Å²) >= 11 is 3.37. The van der Waals surface area contributed by atoms with Crippen LogP contribution in [0.25, 0.3) is 0 Å². The van der Waals surface area contributed by atoms with Crippen LogP contribution in [0, 0.1) is 6.92 Å². The third-order valence-electron chi connectivity index (χ3n) is 3.45. The summed E-state index contributed by atoms with van der Waals surface area (Å²) in [6.45, 7) is 2.04. The second-order valence-electron chi connectivity index (χ2n) is 5.38. The molecule has 0 aliphatic rings. The van der Waals surface area contributed by atoms with Crippen LogP contribution in [0.2, 0.25) is 0 Å². The number of anilines is 3. The van der Waals surface area contributed by atoms with Gasteiger partial charge in [-0.2, -0.15) is 0 Å². The van der Waals surface area contributed by atoms with E-state index in [1.54, 1.807) is 18.3 Å². The monoisotopic (exact) mass is 381 g/mol. The molecule has 0 aliphatic heterocycles. The van der Waals surface area contributed by atoms with Crippen LogP contribution in [0.4, 0.5) is 17.2 Å². The number of carbonyl (C=O) groups is 1. The second-order valence-corrected chi connectivity index (χ2v) is 6.30. The van der Waals surface area contributed by atoms with E-state index in [2.05, 4.69) is 31.5 Å². The van der Waals surface area contributed by atoms with Crippen molar-refractivity contribution in [1.29, 1.82) is 0 Å². The molecular weight excluding hydrogens is 366 g/mol. The van der Waals surface area contributed by atoms with Crippen molar-refractivity contribution in [3.63, 3.8) is 0 Å². The van der Waals surface area contributed by atoms with Gasteiger partial charge in [0.05, 0.1) is 5.56 Å². The molecule has 2 aromatic carbocycles. The van der Waals surface area contributed by atoms with Gasteiger partial charge in [-0.1, -0.05) is 33.6 Å². The quantitative estimate of drug-likeness (QED) is 0.656. The molecule has 24 heavy (non-hydrogen) atoms. The van der Waals surface area contributed by atoms with Crippen molar-refractivity contribution in [2.75, 3.05) is 10.6 Å². The van der Waals surface area contributed by atoms with Crippen LogP contribution in [-0.2, 0) is 0 Å². The predicted molar refractivity (Wildman–Crippen MR) is 101 cm³/mol. The molecule has 1 heterocycles. The number of carbonyl (C=O) groups excluding carboxylic acids is 1. The maximum Gasteiger partial charge on any atom is 0.257 e. The average Bonchev–Trinajstić information content (AvgIpc) is 2.59. The lowest BCUT2D eigenvalue weighted by molar-refractivity contribution is 0.102. The maximum atomic E-state index is 12.2. The Hall–Kier alpha value is -2.66. The number of hydrogen-bond acceptors (Lipinski definition) is 3. The fourth-order valence-electron chi connectivity index (χ4n) is 2.12. The summed E-state index contributed by atoms with van der Waals surface area (Å²) in [5.41, 5.74) is 3.41. The SMILES string of the molecule is Cc1ccc(Nc2ccc(C(=O)Nc3ccc(Br)cc3)cn2)cc1. The molecule has 1 amide bonds. The van der Waals surface area contributed by atoms with Gasteiger partial charge < -0.3 is 10.6 Å². The number of nitrogens with one attached hydrogen (secondary N) is 2. The maximum absolute atomic E-state index is 12.2. The Morgan fingerprint density at radius 1 is 0.917 bits per heavy atom. The van der Waals surface area contributed by atoms with Crippen molar-refractivity contribution in [2.45, 2.75) is 6.92 Å². The van der Waals surface area contributed by atoms with Crippen molar-refractivity contribution in [1.82, 2.24) is 4.98 Å². The Labute approximate surface area is 149 Å². The first-order valence-corrected chi connectivity index (χ1v) is 8.26. The standard InChI is InChI=1S/C19H16BrN3O/c1-13-2-7-16(8-3-13)22-18-11-4-14(12-21-18)19(24)23-17-9-5-15(20)6-10-17/h2-12H,1H3,(H,21,22)(H,23,24). The minimum Gasteiger partial charge on any atom is -0.340 e. The second kappa shape index (κ2) is 7.27. The third-order valence-corrected chi connectivity index (χ3v) is 3.98. The van der Waals surface area contributed by atoms with Crippen LogP contribution in [0.3, 0.4) is 0 Å². The van der Waals surface area contributed by atoms with Gasteiger partial charge in [0.2, 0.25) is 0 Å². The molecule has 3 rings (SSSR count). The molecule has 3 aromatic rings. The number of amides is 1. The molecule has 0 atom stereocenters. The van der Waals surface area contributed by atoms with Gasteiger partial charge in [-0.05, 0) is 55.5 Å². The van der Waals surface area contributed by atoms with Crippen LogP contribution < -0.4 is 10.6 Å². The van der Waals surface area contributed by atoms with E-state index in [9.17, 15) is 4.79 Å². The summed E-state index contributed by atoms with van der Waals surface area (Å²) in [4.78, 5) is 16.5. The van der Waals surface area contributed by atoms with Gasteiger partial charge in [0.15, 0.2) is 0 Å². The van der Waals surface area contributed by atoms with Crippen LogP contribution in [-0.4, -0.2) is 10.9 Å². The van der Waals surface area contributed by atoms with E-state index in [0.29, 0.717) is 11.4 Å². The summed E-state index contributed by atoms with van der Waals surface area (Å²) < 4.78 is 0.966. The number of rotatable bonds is 4. The highest BCUT2D eigenvalue weighted by atomic mass is 79.9. The molecule has 0 bridgehead atoms. The van der Waals surface area contributed by atoms with Gasteiger partial charge in [0.25, 0.3) is 5.91 Å². The van der Waals surface area contributed by atoms with E-state index in [4.69, 9.17) is 0 Å². The minimum atomic E-state index is -0.188. The molecule has 4 nitrogen and oxygen atoms in total. The number of pyridine rings is 1. The van der Waals surface area contributed by atoms with Crippen LogP contribution in [0.1, 0.15) is 15.9 Å². The minimum absolute atomic E-state index is 0.188. The van der Waals surface area contributed by atoms with Gasteiger partial charge in [-0.15, -0.1) is 0 Å². The first-order valence-electron chi connectivity index (χ1n) is 7.47. The normalized spacial score (nSPS) is 10.2. The molecular formula is C19H16BrN3O. The topological polar surface area (TPSA) is 54.0 Å². The van der Waals surface area contributed by atoms with Crippen molar-refractivity contribution >= 4 is 39.0 Å². The van der Waals surface area contributed by atoms with Crippen molar-refractivity contribution in [2.24, 2.45) is 0 Å². The van der Waals surface area contributed by atoms with E-state index < -0.39 is 0 Å². The lowest BCUT2D eigenvalue weighted by Gasteiger charge is -2.08. The molecule has 0 saturated heterocycles. The Balaban J connectivity index is 1.66. The van der Waals surface area contributed by atoms with Gasteiger partial charge in [0, 0.05) is 22.0 Å². The van der Waals surface area contributed by atoms with Crippen molar-refractivity contribution in [3.8, 4) is 0 Å². The van der Waals surface area contributed by atoms with Gasteiger partial charge in [-0.25, -0.2) is 4.98 Å². The molecule has 0 aliphatic carbocycles. The Bertz CT molecular complexity index is 828. The summed E-state index contributed by atoms with van der Waals surface area (Å²) in [5, 5.41) is 6.05. The Kier molecular flexibility index (Phi) is 4.91. The zero-order valence-corrected chi connectivity index (χ0v) is 14.7. The number of aryl methyl sites for hydroxylation is 1. The number of hydrogen-bond donors (Lipinski definition) is 2. The van der Waals surface area contributed by atoms with Gasteiger partial charge in [-0.3, -0.25) is 4.79 Å². The largest absolute Gasteiger partial charge is 0.340 e. The highest BCUT2D eigenvalue weighted by Gasteiger charge is 2.07. The van der Waals surface area contributed by atoms with Gasteiger partial charge in [0.1, 0.15) is 5.82 Å². The molecule has 5 heteroatoms. The van der Waals surface area contributed by atoms with Crippen LogP contribution in [0.15, 0.2) is 71.3 Å². The molecule has 1 aromatic heterocycles. The summed E-state index contributed by atoms with van der Waals surface area (Å²) in [6.07, 6.45) is 1.56.